The van der Waals surface area contributed by atoms with Gasteiger partial charge in [0.25, 0.3) is 5.69 Å². The summed E-state index contributed by atoms with van der Waals surface area (Å²) in [6, 6.07) is 4.34. The van der Waals surface area contributed by atoms with Gasteiger partial charge in [-0.1, -0.05) is 13.0 Å². The van der Waals surface area contributed by atoms with Gasteiger partial charge in [0.2, 0.25) is 10.0 Å². The number of nitro groups is 1. The van der Waals surface area contributed by atoms with Gasteiger partial charge in [-0.2, -0.15) is 0 Å². The highest BCUT2D eigenvalue weighted by molar-refractivity contribution is 7.92. The summed E-state index contributed by atoms with van der Waals surface area (Å²) in [4.78, 5) is 10.4. The summed E-state index contributed by atoms with van der Waals surface area (Å²) in [6.07, 6.45) is 1.57. The number of unbranched alkanes of at least 4 members (excludes halogenated alkanes) is 1. The molecule has 0 amide bonds. The minimum atomic E-state index is -3.50. The molecular weight excluding hydrogens is 304 g/mol. The molecule has 1 aromatic rings. The maximum atomic E-state index is 11.8. The van der Waals surface area contributed by atoms with E-state index >= 15 is 0 Å². The number of alkyl halides is 1. The second-order valence-corrected chi connectivity index (χ2v) is 6.49. The third kappa shape index (κ3) is 4.97. The molecule has 1 N–H and O–H groups in total. The molecule has 0 aromatic heterocycles. The van der Waals surface area contributed by atoms with Crippen LogP contribution in [0.3, 0.4) is 0 Å². The number of benzene rings is 1. The number of halogens is 1. The first kappa shape index (κ1) is 16.7. The van der Waals surface area contributed by atoms with Gasteiger partial charge in [0, 0.05) is 17.5 Å². The lowest BCUT2D eigenvalue weighted by molar-refractivity contribution is -0.385. The van der Waals surface area contributed by atoms with Gasteiger partial charge in [0.05, 0.1) is 16.4 Å². The third-order valence-electron chi connectivity index (χ3n) is 2.73. The molecule has 0 spiro atoms. The number of nitrogens with zero attached hydrogens (tertiary/aromatic N) is 1. The summed E-state index contributed by atoms with van der Waals surface area (Å²) in [7, 11) is -3.50. The van der Waals surface area contributed by atoms with E-state index in [2.05, 4.69) is 4.72 Å². The van der Waals surface area contributed by atoms with Crippen LogP contribution in [0.25, 0.3) is 0 Å². The van der Waals surface area contributed by atoms with E-state index in [1.54, 1.807) is 13.0 Å². The molecule has 0 bridgehead atoms. The van der Waals surface area contributed by atoms with Crippen molar-refractivity contribution in [3.8, 4) is 0 Å². The molecule has 0 aliphatic heterocycles. The van der Waals surface area contributed by atoms with E-state index in [1.165, 1.54) is 12.1 Å². The van der Waals surface area contributed by atoms with Crippen molar-refractivity contribution in [1.82, 2.24) is 0 Å². The number of anilines is 1. The Labute approximate surface area is 123 Å². The van der Waals surface area contributed by atoms with Crippen LogP contribution in [0, 0.1) is 10.1 Å². The molecule has 0 fully saturated rings. The highest BCUT2D eigenvalue weighted by atomic mass is 35.5. The van der Waals surface area contributed by atoms with E-state index in [4.69, 9.17) is 11.6 Å². The molecule has 20 heavy (non-hydrogen) atoms. The maximum Gasteiger partial charge on any atom is 0.274 e. The highest BCUT2D eigenvalue weighted by Crippen LogP contribution is 2.24. The Morgan fingerprint density at radius 1 is 1.35 bits per heavy atom. The van der Waals surface area contributed by atoms with Gasteiger partial charge >= 0.3 is 0 Å². The Bertz CT molecular complexity index is 575. The zero-order valence-corrected chi connectivity index (χ0v) is 12.7. The van der Waals surface area contributed by atoms with Crippen molar-refractivity contribution in [2.24, 2.45) is 0 Å². The van der Waals surface area contributed by atoms with Crippen molar-refractivity contribution < 1.29 is 13.3 Å². The molecular formula is C12H17ClN2O4S. The van der Waals surface area contributed by atoms with Crippen molar-refractivity contribution in [3.05, 3.63) is 33.9 Å². The van der Waals surface area contributed by atoms with Gasteiger partial charge in [-0.05, 0) is 25.3 Å². The summed E-state index contributed by atoms with van der Waals surface area (Å²) in [5.74, 6) is 0.356. The fourth-order valence-electron chi connectivity index (χ4n) is 1.71. The van der Waals surface area contributed by atoms with E-state index < -0.39 is 14.9 Å². The van der Waals surface area contributed by atoms with Crippen molar-refractivity contribution in [3.63, 3.8) is 0 Å². The van der Waals surface area contributed by atoms with Gasteiger partial charge in [-0.25, -0.2) is 8.42 Å². The van der Waals surface area contributed by atoms with Crippen LogP contribution in [0.4, 0.5) is 11.4 Å². The van der Waals surface area contributed by atoms with Crippen LogP contribution in [0.1, 0.15) is 25.3 Å². The molecule has 0 saturated heterocycles. The summed E-state index contributed by atoms with van der Waals surface area (Å²) < 4.78 is 25.9. The molecule has 0 aliphatic rings. The molecule has 0 atom stereocenters. The molecule has 0 unspecified atom stereocenters. The molecule has 1 aromatic carbocycles. The molecule has 112 valence electrons. The molecule has 0 radical (unpaired) electrons. The van der Waals surface area contributed by atoms with E-state index in [-0.39, 0.29) is 17.1 Å². The Kier molecular flexibility index (Phi) is 6.22. The van der Waals surface area contributed by atoms with Gasteiger partial charge in [-0.3, -0.25) is 14.8 Å². The number of hydrogen-bond donors (Lipinski definition) is 1. The zero-order chi connectivity index (χ0) is 15.2. The zero-order valence-electron chi connectivity index (χ0n) is 11.1. The Morgan fingerprint density at radius 2 is 2.05 bits per heavy atom. The number of sulfonamides is 1. The third-order valence-corrected chi connectivity index (χ3v) is 4.37. The SMILES string of the molecule is CCc1ccc(NS(=O)(=O)CCCCCl)cc1[N+](=O)[O-]. The van der Waals surface area contributed by atoms with Crippen LogP contribution in [0.5, 0.6) is 0 Å². The van der Waals surface area contributed by atoms with Crippen molar-refractivity contribution in [1.29, 1.82) is 0 Å². The number of aryl methyl sites for hydroxylation is 1. The second kappa shape index (κ2) is 7.44. The molecule has 0 heterocycles. The predicted molar refractivity (Wildman–Crippen MR) is 79.8 cm³/mol. The van der Waals surface area contributed by atoms with Gasteiger partial charge in [0.15, 0.2) is 0 Å². The van der Waals surface area contributed by atoms with E-state index in [0.29, 0.717) is 30.7 Å². The first-order chi connectivity index (χ1) is 9.39. The molecule has 0 saturated carbocycles. The van der Waals surface area contributed by atoms with Crippen molar-refractivity contribution in [2.75, 3.05) is 16.4 Å². The van der Waals surface area contributed by atoms with Crippen LogP contribution in [0.2, 0.25) is 0 Å². The van der Waals surface area contributed by atoms with Gasteiger partial charge < -0.3 is 0 Å². The smallest absolute Gasteiger partial charge is 0.274 e. The second-order valence-electron chi connectivity index (χ2n) is 4.27. The van der Waals surface area contributed by atoms with Gasteiger partial charge in [-0.15, -0.1) is 11.6 Å². The highest BCUT2D eigenvalue weighted by Gasteiger charge is 2.16. The molecule has 6 nitrogen and oxygen atoms in total. The number of nitrogens with one attached hydrogen (secondary N) is 1. The minimum absolute atomic E-state index is 0.0525. The van der Waals surface area contributed by atoms with Crippen LogP contribution < -0.4 is 4.72 Å². The first-order valence-corrected chi connectivity index (χ1v) is 8.42. The average Bonchev–Trinajstić information content (AvgIpc) is 2.38. The van der Waals surface area contributed by atoms with E-state index in [1.807, 2.05) is 0 Å². The summed E-state index contributed by atoms with van der Waals surface area (Å²) in [5.41, 5.74) is 0.702. The van der Waals surface area contributed by atoms with E-state index in [0.717, 1.165) is 0 Å². The lowest BCUT2D eigenvalue weighted by Gasteiger charge is -2.08. The quantitative estimate of drug-likeness (QED) is 0.345. The first-order valence-electron chi connectivity index (χ1n) is 6.23. The largest absolute Gasteiger partial charge is 0.283 e. The normalized spacial score (nSPS) is 11.3. The average molecular weight is 321 g/mol. The van der Waals surface area contributed by atoms with Crippen LogP contribution in [-0.2, 0) is 16.4 Å². The number of hydrogen-bond acceptors (Lipinski definition) is 4. The lowest BCUT2D eigenvalue weighted by atomic mass is 10.1. The summed E-state index contributed by atoms with van der Waals surface area (Å²) in [5, 5.41) is 10.9. The standard InChI is InChI=1S/C12H17ClN2O4S/c1-2-10-5-6-11(9-12(10)15(16)17)14-20(18,19)8-4-3-7-13/h5-6,9,14H,2-4,7-8H2,1H3. The Balaban J connectivity index is 2.87. The molecule has 8 heteroatoms. The van der Waals surface area contributed by atoms with Crippen molar-refractivity contribution in [2.45, 2.75) is 26.2 Å². The summed E-state index contributed by atoms with van der Waals surface area (Å²) in [6.45, 7) is 1.80. The fraction of sp³-hybridized carbons (Fsp3) is 0.500. The Hall–Kier alpha value is -1.34. The lowest BCUT2D eigenvalue weighted by Crippen LogP contribution is -2.17. The molecule has 1 rings (SSSR count). The monoisotopic (exact) mass is 320 g/mol. The maximum absolute atomic E-state index is 11.8. The van der Waals surface area contributed by atoms with Crippen LogP contribution >= 0.6 is 11.6 Å². The van der Waals surface area contributed by atoms with Crippen molar-refractivity contribution >= 4 is 33.0 Å². The predicted octanol–water partition coefficient (Wildman–Crippen LogP) is 2.92. The number of nitro benzene ring substituents is 1. The molecule has 0 aliphatic carbocycles. The Morgan fingerprint density at radius 3 is 2.60 bits per heavy atom. The fourth-order valence-corrected chi connectivity index (χ4v) is 3.07. The van der Waals surface area contributed by atoms with Gasteiger partial charge in [0.1, 0.15) is 0 Å². The summed E-state index contributed by atoms with van der Waals surface area (Å²) >= 11 is 5.49. The number of rotatable bonds is 8. The van der Waals surface area contributed by atoms with Crippen LogP contribution in [-0.4, -0.2) is 25.0 Å². The topological polar surface area (TPSA) is 89.3 Å². The minimum Gasteiger partial charge on any atom is -0.283 e. The van der Waals surface area contributed by atoms with Crippen LogP contribution in [0.15, 0.2) is 18.2 Å². The van der Waals surface area contributed by atoms with E-state index in [9.17, 15) is 18.5 Å².